The molecule has 3 nitrogen and oxygen atoms in total. The van der Waals surface area contributed by atoms with Gasteiger partial charge in [-0.15, -0.1) is 0 Å². The van der Waals surface area contributed by atoms with Crippen LogP contribution in [0.5, 0.6) is 0 Å². The van der Waals surface area contributed by atoms with E-state index in [1.54, 1.807) is 0 Å². The van der Waals surface area contributed by atoms with Crippen molar-refractivity contribution in [2.75, 3.05) is 0 Å². The van der Waals surface area contributed by atoms with Crippen LogP contribution in [0.25, 0.3) is 0 Å². The second kappa shape index (κ2) is 4.75. The maximum absolute atomic E-state index is 11.5. The van der Waals surface area contributed by atoms with Crippen LogP contribution in [0, 0.1) is 10.7 Å². The number of rotatable bonds is 3. The van der Waals surface area contributed by atoms with Crippen molar-refractivity contribution in [3.8, 4) is 0 Å². The fraction of sp³-hybridized carbons (Fsp3) is 0.556. The highest BCUT2D eigenvalue weighted by Gasteiger charge is 2.04. The smallest absolute Gasteiger partial charge is 0.254 e. The number of aromatic nitrogens is 2. The molecule has 0 aliphatic carbocycles. The quantitative estimate of drug-likeness (QED) is 0.749. The zero-order valence-corrected chi connectivity index (χ0v) is 9.81. The van der Waals surface area contributed by atoms with E-state index in [9.17, 15) is 4.79 Å². The average Bonchev–Trinajstić information content (AvgIpc) is 2.18. The lowest BCUT2D eigenvalue weighted by atomic mass is 10.1. The van der Waals surface area contributed by atoms with E-state index < -0.39 is 0 Å². The summed E-state index contributed by atoms with van der Waals surface area (Å²) in [5.41, 5.74) is -0.0906. The van der Waals surface area contributed by atoms with E-state index in [-0.39, 0.29) is 5.56 Å². The van der Waals surface area contributed by atoms with E-state index in [0.717, 1.165) is 6.42 Å². The van der Waals surface area contributed by atoms with Crippen LogP contribution in [0.15, 0.2) is 17.1 Å². The highest BCUT2D eigenvalue weighted by molar-refractivity contribution is 7.71. The SMILES string of the molecule is CCC(C)Cn1c(=O)ccn(Cl)c1=S. The van der Waals surface area contributed by atoms with Crippen molar-refractivity contribution in [2.45, 2.75) is 26.8 Å². The van der Waals surface area contributed by atoms with Gasteiger partial charge in [-0.3, -0.25) is 9.36 Å². The van der Waals surface area contributed by atoms with Crippen molar-refractivity contribution in [3.63, 3.8) is 0 Å². The average molecular weight is 233 g/mol. The van der Waals surface area contributed by atoms with E-state index in [1.165, 1.54) is 20.9 Å². The zero-order valence-electron chi connectivity index (χ0n) is 8.24. The minimum absolute atomic E-state index is 0.0906. The van der Waals surface area contributed by atoms with E-state index in [1.807, 2.05) is 0 Å². The second-order valence-electron chi connectivity index (χ2n) is 3.37. The second-order valence-corrected chi connectivity index (χ2v) is 4.10. The Kier molecular flexibility index (Phi) is 3.89. The summed E-state index contributed by atoms with van der Waals surface area (Å²) in [6.45, 7) is 4.78. The standard InChI is InChI=1S/C9H13ClN2OS/c1-3-7(2)6-11-8(13)4-5-12(10)9(11)14/h4-5,7H,3,6H2,1-2H3. The Bertz CT molecular complexity index is 424. The highest BCUT2D eigenvalue weighted by Crippen LogP contribution is 2.04. The van der Waals surface area contributed by atoms with Crippen molar-refractivity contribution in [3.05, 3.63) is 27.4 Å². The van der Waals surface area contributed by atoms with Gasteiger partial charge in [0.1, 0.15) is 0 Å². The first kappa shape index (κ1) is 11.5. The molecule has 14 heavy (non-hydrogen) atoms. The van der Waals surface area contributed by atoms with Gasteiger partial charge in [0.05, 0.1) is 0 Å². The predicted molar refractivity (Wildman–Crippen MR) is 60.2 cm³/mol. The fourth-order valence-corrected chi connectivity index (χ4v) is 1.47. The third-order valence-electron chi connectivity index (χ3n) is 2.22. The molecule has 1 heterocycles. The van der Waals surface area contributed by atoms with Crippen molar-refractivity contribution in [1.29, 1.82) is 0 Å². The first-order valence-electron chi connectivity index (χ1n) is 4.55. The molecule has 0 bridgehead atoms. The predicted octanol–water partition coefficient (Wildman–Crippen LogP) is 2.43. The Morgan fingerprint density at radius 1 is 1.64 bits per heavy atom. The molecule has 0 saturated carbocycles. The zero-order chi connectivity index (χ0) is 10.7. The molecule has 1 rings (SSSR count). The summed E-state index contributed by atoms with van der Waals surface area (Å²) in [5.74, 6) is 0.425. The van der Waals surface area contributed by atoms with Crippen molar-refractivity contribution in [2.24, 2.45) is 5.92 Å². The van der Waals surface area contributed by atoms with Gasteiger partial charge in [-0.25, -0.2) is 4.09 Å². The Hall–Kier alpha value is -0.610. The Labute approximate surface area is 93.1 Å². The van der Waals surface area contributed by atoms with Crippen LogP contribution in [-0.4, -0.2) is 8.65 Å². The van der Waals surface area contributed by atoms with Gasteiger partial charge in [0.15, 0.2) is 4.77 Å². The Morgan fingerprint density at radius 2 is 2.29 bits per heavy atom. The largest absolute Gasteiger partial charge is 0.284 e. The Morgan fingerprint density at radius 3 is 2.86 bits per heavy atom. The molecule has 0 aliphatic heterocycles. The van der Waals surface area contributed by atoms with Crippen molar-refractivity contribution in [1.82, 2.24) is 8.65 Å². The van der Waals surface area contributed by atoms with Gasteiger partial charge in [0, 0.05) is 30.6 Å². The monoisotopic (exact) mass is 232 g/mol. The summed E-state index contributed by atoms with van der Waals surface area (Å²) in [4.78, 5) is 11.5. The molecule has 0 aliphatic rings. The van der Waals surface area contributed by atoms with Crippen LogP contribution in [0.4, 0.5) is 0 Å². The molecule has 78 valence electrons. The first-order chi connectivity index (χ1) is 6.56. The number of hydrogen-bond acceptors (Lipinski definition) is 2. The third kappa shape index (κ3) is 2.45. The van der Waals surface area contributed by atoms with E-state index in [4.69, 9.17) is 24.0 Å². The molecule has 1 aromatic rings. The lowest BCUT2D eigenvalue weighted by Gasteiger charge is -2.11. The summed E-state index contributed by atoms with van der Waals surface area (Å²) < 4.78 is 3.15. The molecule has 0 aromatic carbocycles. The highest BCUT2D eigenvalue weighted by atomic mass is 35.5. The lowest BCUT2D eigenvalue weighted by molar-refractivity contribution is 0.450. The minimum Gasteiger partial charge on any atom is -0.284 e. The molecular weight excluding hydrogens is 220 g/mol. The molecule has 0 N–H and O–H groups in total. The maximum atomic E-state index is 11.5. The lowest BCUT2D eigenvalue weighted by Crippen LogP contribution is -2.24. The summed E-state index contributed by atoms with van der Waals surface area (Å²) in [6, 6.07) is 1.42. The topological polar surface area (TPSA) is 26.9 Å². The summed E-state index contributed by atoms with van der Waals surface area (Å²) in [5, 5.41) is 0. The van der Waals surface area contributed by atoms with Crippen LogP contribution >= 0.6 is 24.0 Å². The molecule has 0 amide bonds. The van der Waals surface area contributed by atoms with Crippen LogP contribution in [-0.2, 0) is 6.54 Å². The molecular formula is C9H13ClN2OS. The first-order valence-corrected chi connectivity index (χ1v) is 5.29. The van der Waals surface area contributed by atoms with Gasteiger partial charge >= 0.3 is 0 Å². The van der Waals surface area contributed by atoms with Crippen LogP contribution in [0.3, 0.4) is 0 Å². The van der Waals surface area contributed by atoms with Gasteiger partial charge < -0.3 is 0 Å². The molecule has 1 atom stereocenters. The number of nitrogens with zero attached hydrogens (tertiary/aromatic N) is 2. The van der Waals surface area contributed by atoms with Gasteiger partial charge in [0.25, 0.3) is 5.56 Å². The molecule has 0 spiro atoms. The minimum atomic E-state index is -0.0906. The molecule has 0 saturated heterocycles. The van der Waals surface area contributed by atoms with Gasteiger partial charge in [-0.2, -0.15) is 0 Å². The van der Waals surface area contributed by atoms with Crippen molar-refractivity contribution >= 4 is 24.0 Å². The van der Waals surface area contributed by atoms with E-state index in [2.05, 4.69) is 13.8 Å². The fourth-order valence-electron chi connectivity index (χ4n) is 1.10. The molecule has 0 radical (unpaired) electrons. The third-order valence-corrected chi connectivity index (χ3v) is 3.01. The van der Waals surface area contributed by atoms with E-state index in [0.29, 0.717) is 17.2 Å². The van der Waals surface area contributed by atoms with Crippen LogP contribution < -0.4 is 5.56 Å². The summed E-state index contributed by atoms with van der Waals surface area (Å²) in [6.07, 6.45) is 2.48. The summed E-state index contributed by atoms with van der Waals surface area (Å²) >= 11 is 10.8. The molecule has 0 fully saturated rings. The number of hydrogen-bond donors (Lipinski definition) is 0. The van der Waals surface area contributed by atoms with Crippen LogP contribution in [0.2, 0.25) is 0 Å². The van der Waals surface area contributed by atoms with Gasteiger partial charge in [-0.1, -0.05) is 20.3 Å². The summed E-state index contributed by atoms with van der Waals surface area (Å²) in [7, 11) is 0. The van der Waals surface area contributed by atoms with Crippen molar-refractivity contribution < 1.29 is 0 Å². The van der Waals surface area contributed by atoms with Gasteiger partial charge in [-0.05, 0) is 18.1 Å². The Balaban J connectivity index is 3.14. The number of halogens is 1. The molecule has 1 aromatic heterocycles. The van der Waals surface area contributed by atoms with Crippen LogP contribution in [0.1, 0.15) is 20.3 Å². The normalized spacial score (nSPS) is 12.8. The maximum Gasteiger partial charge on any atom is 0.254 e. The van der Waals surface area contributed by atoms with E-state index >= 15 is 0 Å². The molecule has 1 unspecified atom stereocenters. The molecule has 5 heteroatoms. The van der Waals surface area contributed by atoms with Gasteiger partial charge in [0.2, 0.25) is 0 Å².